The number of hydrogen-bond donors (Lipinski definition) is 0. The van der Waals surface area contributed by atoms with Crippen molar-refractivity contribution in [2.24, 2.45) is 0 Å². The Labute approximate surface area is 140 Å². The lowest BCUT2D eigenvalue weighted by Gasteiger charge is -2.10. The first-order valence-corrected chi connectivity index (χ1v) is 8.07. The van der Waals surface area contributed by atoms with Gasteiger partial charge < -0.3 is 4.74 Å². The molecule has 2 heterocycles. The van der Waals surface area contributed by atoms with Gasteiger partial charge in [-0.1, -0.05) is 42.5 Å². The molecule has 2 aromatic carbocycles. The highest BCUT2D eigenvalue weighted by atomic mass is 16.6. The summed E-state index contributed by atoms with van der Waals surface area (Å²) in [6.07, 6.45) is 2.69. The zero-order valence-corrected chi connectivity index (χ0v) is 12.9. The SMILES string of the molecule is N#Cc1cccc2c1C1OC1c1ncc(-c3ccccc3)cc1C2. The van der Waals surface area contributed by atoms with E-state index in [1.807, 2.05) is 36.5 Å². The number of ether oxygens (including phenoxy) is 1. The average molecular weight is 310 g/mol. The van der Waals surface area contributed by atoms with Gasteiger partial charge in [0.15, 0.2) is 0 Å². The van der Waals surface area contributed by atoms with E-state index in [0.717, 1.165) is 34.4 Å². The zero-order valence-electron chi connectivity index (χ0n) is 12.9. The molecule has 3 nitrogen and oxygen atoms in total. The monoisotopic (exact) mass is 310 g/mol. The predicted octanol–water partition coefficient (Wildman–Crippen LogP) is 4.34. The van der Waals surface area contributed by atoms with Crippen LogP contribution in [0.1, 0.15) is 40.2 Å². The van der Waals surface area contributed by atoms with Gasteiger partial charge in [-0.25, -0.2) is 0 Å². The van der Waals surface area contributed by atoms with Crippen molar-refractivity contribution in [2.75, 3.05) is 0 Å². The number of nitriles is 1. The summed E-state index contributed by atoms with van der Waals surface area (Å²) in [5.74, 6) is 0. The van der Waals surface area contributed by atoms with Crippen LogP contribution in [0, 0.1) is 11.3 Å². The number of nitrogens with zero attached hydrogens (tertiary/aromatic N) is 2. The molecule has 0 amide bonds. The minimum absolute atomic E-state index is 0.0134. The molecule has 2 unspecified atom stereocenters. The van der Waals surface area contributed by atoms with Crippen LogP contribution in [0.25, 0.3) is 11.1 Å². The topological polar surface area (TPSA) is 49.2 Å². The summed E-state index contributed by atoms with van der Waals surface area (Å²) in [4.78, 5) is 4.71. The Morgan fingerprint density at radius 2 is 1.83 bits per heavy atom. The summed E-state index contributed by atoms with van der Waals surface area (Å²) in [5.41, 5.74) is 7.42. The lowest BCUT2D eigenvalue weighted by molar-refractivity contribution is 0.372. The van der Waals surface area contributed by atoms with Gasteiger partial charge >= 0.3 is 0 Å². The minimum atomic E-state index is -0.0211. The number of benzene rings is 2. The van der Waals surface area contributed by atoms with Gasteiger partial charge in [-0.05, 0) is 35.2 Å². The van der Waals surface area contributed by atoms with Crippen LogP contribution in [-0.4, -0.2) is 4.98 Å². The van der Waals surface area contributed by atoms with Crippen LogP contribution in [0.2, 0.25) is 0 Å². The summed E-state index contributed by atoms with van der Waals surface area (Å²) in [6, 6.07) is 20.7. The molecule has 24 heavy (non-hydrogen) atoms. The molecule has 0 N–H and O–H groups in total. The molecule has 0 spiro atoms. The van der Waals surface area contributed by atoms with E-state index in [1.54, 1.807) is 0 Å². The van der Waals surface area contributed by atoms with E-state index >= 15 is 0 Å². The van der Waals surface area contributed by atoms with Gasteiger partial charge in [0, 0.05) is 17.3 Å². The molecular formula is C21H14N2O. The zero-order chi connectivity index (χ0) is 16.1. The van der Waals surface area contributed by atoms with Crippen LogP contribution in [0.5, 0.6) is 0 Å². The second-order valence-corrected chi connectivity index (χ2v) is 6.28. The van der Waals surface area contributed by atoms with Crippen LogP contribution in [0.15, 0.2) is 60.8 Å². The molecule has 5 rings (SSSR count). The van der Waals surface area contributed by atoms with Crippen LogP contribution < -0.4 is 0 Å². The van der Waals surface area contributed by atoms with E-state index in [2.05, 4.69) is 30.3 Å². The number of aromatic nitrogens is 1. The minimum Gasteiger partial charge on any atom is -0.358 e. The van der Waals surface area contributed by atoms with Gasteiger partial charge in [0.1, 0.15) is 12.2 Å². The van der Waals surface area contributed by atoms with E-state index < -0.39 is 0 Å². The Bertz CT molecular complexity index is 988. The quantitative estimate of drug-likeness (QED) is 0.628. The highest BCUT2D eigenvalue weighted by Crippen LogP contribution is 2.55. The third-order valence-corrected chi connectivity index (χ3v) is 4.85. The number of epoxide rings is 1. The van der Waals surface area contributed by atoms with Crippen molar-refractivity contribution in [3.8, 4) is 17.2 Å². The van der Waals surface area contributed by atoms with E-state index in [4.69, 9.17) is 9.72 Å². The molecule has 3 heteroatoms. The van der Waals surface area contributed by atoms with Crippen LogP contribution in [0.3, 0.4) is 0 Å². The maximum atomic E-state index is 9.41. The Kier molecular flexibility index (Phi) is 2.82. The number of pyridine rings is 1. The van der Waals surface area contributed by atoms with Gasteiger partial charge in [0.25, 0.3) is 0 Å². The van der Waals surface area contributed by atoms with Gasteiger partial charge in [0.05, 0.1) is 17.3 Å². The number of fused-ring (bicyclic) bond motifs is 5. The number of hydrogen-bond acceptors (Lipinski definition) is 3. The molecule has 1 aliphatic heterocycles. The fourth-order valence-electron chi connectivity index (χ4n) is 3.65. The highest BCUT2D eigenvalue weighted by Gasteiger charge is 2.47. The Morgan fingerprint density at radius 1 is 0.958 bits per heavy atom. The van der Waals surface area contributed by atoms with Gasteiger partial charge in [-0.15, -0.1) is 0 Å². The summed E-state index contributed by atoms with van der Waals surface area (Å²) in [7, 11) is 0. The maximum Gasteiger partial charge on any atom is 0.131 e. The smallest absolute Gasteiger partial charge is 0.131 e. The van der Waals surface area contributed by atoms with Gasteiger partial charge in [-0.2, -0.15) is 5.26 Å². The first-order valence-electron chi connectivity index (χ1n) is 8.07. The molecule has 1 saturated heterocycles. The first-order chi connectivity index (χ1) is 11.8. The van der Waals surface area contributed by atoms with E-state index in [0.29, 0.717) is 0 Å². The second-order valence-electron chi connectivity index (χ2n) is 6.28. The lowest BCUT2D eigenvalue weighted by Crippen LogP contribution is -1.99. The molecule has 0 bridgehead atoms. The Balaban J connectivity index is 1.65. The second kappa shape index (κ2) is 5.02. The summed E-state index contributed by atoms with van der Waals surface area (Å²) in [6.45, 7) is 0. The fourth-order valence-corrected chi connectivity index (χ4v) is 3.65. The first kappa shape index (κ1) is 13.5. The molecular weight excluding hydrogens is 296 g/mol. The molecule has 3 aromatic rings. The molecule has 1 fully saturated rings. The van der Waals surface area contributed by atoms with Crippen LogP contribution >= 0.6 is 0 Å². The molecule has 114 valence electrons. The standard InChI is InChI=1S/C21H14N2O/c22-11-15-8-4-7-14-9-16-10-17(13-5-2-1-3-6-13)12-23-19(16)21-20(24-21)18(14)15/h1-8,10,12,20-21H,9H2. The van der Waals surface area contributed by atoms with Crippen molar-refractivity contribution in [3.05, 3.63) is 88.7 Å². The third kappa shape index (κ3) is 1.97. The van der Waals surface area contributed by atoms with Crippen LogP contribution in [0.4, 0.5) is 0 Å². The van der Waals surface area contributed by atoms with Crippen LogP contribution in [-0.2, 0) is 11.2 Å². The summed E-state index contributed by atoms with van der Waals surface area (Å²) in [5, 5.41) is 9.41. The summed E-state index contributed by atoms with van der Waals surface area (Å²) >= 11 is 0. The molecule has 1 aromatic heterocycles. The van der Waals surface area contributed by atoms with Crippen molar-refractivity contribution in [3.63, 3.8) is 0 Å². The van der Waals surface area contributed by atoms with Crippen molar-refractivity contribution in [1.82, 2.24) is 4.98 Å². The molecule has 2 atom stereocenters. The van der Waals surface area contributed by atoms with E-state index in [-0.39, 0.29) is 12.2 Å². The lowest BCUT2D eigenvalue weighted by atomic mass is 9.96. The largest absolute Gasteiger partial charge is 0.358 e. The molecule has 1 aliphatic carbocycles. The van der Waals surface area contributed by atoms with Crippen molar-refractivity contribution in [2.45, 2.75) is 18.6 Å². The molecule has 0 saturated carbocycles. The third-order valence-electron chi connectivity index (χ3n) is 4.85. The van der Waals surface area contributed by atoms with Crippen molar-refractivity contribution in [1.29, 1.82) is 5.26 Å². The molecule has 2 aliphatic rings. The maximum absolute atomic E-state index is 9.41. The van der Waals surface area contributed by atoms with Gasteiger partial charge in [-0.3, -0.25) is 4.98 Å². The van der Waals surface area contributed by atoms with Crippen molar-refractivity contribution >= 4 is 0 Å². The molecule has 0 radical (unpaired) electrons. The average Bonchev–Trinajstić information content (AvgIpc) is 3.42. The van der Waals surface area contributed by atoms with Gasteiger partial charge in [0.2, 0.25) is 0 Å². The predicted molar refractivity (Wildman–Crippen MR) is 90.2 cm³/mol. The van der Waals surface area contributed by atoms with E-state index in [9.17, 15) is 5.26 Å². The Hall–Kier alpha value is -2.96. The normalized spacial score (nSPS) is 20.1. The number of rotatable bonds is 1. The summed E-state index contributed by atoms with van der Waals surface area (Å²) < 4.78 is 5.89. The van der Waals surface area contributed by atoms with E-state index in [1.165, 1.54) is 11.1 Å². The Morgan fingerprint density at radius 3 is 2.67 bits per heavy atom. The van der Waals surface area contributed by atoms with Crippen molar-refractivity contribution < 1.29 is 4.74 Å². The highest BCUT2D eigenvalue weighted by molar-refractivity contribution is 5.64. The fraction of sp³-hybridized carbons (Fsp3) is 0.143.